The highest BCUT2D eigenvalue weighted by Crippen LogP contribution is 2.55. The summed E-state index contributed by atoms with van der Waals surface area (Å²) in [6.07, 6.45) is -10.8. The maximum Gasteiger partial charge on any atom is 0.404 e. The highest BCUT2D eigenvalue weighted by Gasteiger charge is 2.72. The fourth-order valence-corrected chi connectivity index (χ4v) is 2.94. The fraction of sp³-hybridized carbons (Fsp3) is 0.917. The third-order valence-corrected chi connectivity index (χ3v) is 4.31. The average molecular weight is 355 g/mol. The van der Waals surface area contributed by atoms with Crippen LogP contribution in [0.4, 0.5) is 26.3 Å². The molecule has 2 fully saturated rings. The molecule has 1 atom stereocenters. The van der Waals surface area contributed by atoms with Gasteiger partial charge in [-0.05, 0) is 25.8 Å². The standard InChI is InChI=1S/C12H16F6N2O.ClH/c13-11(14,15)10(12(16,17)18)3-5-20(7-10)9(21)8-2-1-4-19-6-8;/h8,19H,1-7H2;1H. The molecular formula is C12H17ClF6N2O. The smallest absolute Gasteiger partial charge is 0.341 e. The summed E-state index contributed by atoms with van der Waals surface area (Å²) >= 11 is 0. The van der Waals surface area contributed by atoms with Crippen LogP contribution in [0, 0.1) is 11.3 Å². The zero-order valence-electron chi connectivity index (χ0n) is 11.6. The van der Waals surface area contributed by atoms with Crippen molar-refractivity contribution >= 4 is 18.3 Å². The summed E-state index contributed by atoms with van der Waals surface area (Å²) in [5.74, 6) is -1.14. The SMILES string of the molecule is Cl.O=C(C1CCCNC1)N1CCC(C(F)(F)F)(C(F)(F)F)C1. The number of likely N-dealkylation sites (tertiary alicyclic amines) is 1. The zero-order valence-corrected chi connectivity index (χ0v) is 12.4. The Morgan fingerprint density at radius 3 is 2.14 bits per heavy atom. The van der Waals surface area contributed by atoms with E-state index in [2.05, 4.69) is 5.32 Å². The quantitative estimate of drug-likeness (QED) is 0.734. The topological polar surface area (TPSA) is 32.3 Å². The van der Waals surface area contributed by atoms with Crippen LogP contribution in [0.5, 0.6) is 0 Å². The third-order valence-electron chi connectivity index (χ3n) is 4.31. The van der Waals surface area contributed by atoms with E-state index < -0.39 is 49.1 Å². The molecule has 2 aliphatic rings. The van der Waals surface area contributed by atoms with Crippen molar-refractivity contribution < 1.29 is 31.1 Å². The van der Waals surface area contributed by atoms with Gasteiger partial charge in [0.05, 0.1) is 5.92 Å². The van der Waals surface area contributed by atoms with E-state index >= 15 is 0 Å². The van der Waals surface area contributed by atoms with Crippen LogP contribution in [0.25, 0.3) is 0 Å². The van der Waals surface area contributed by atoms with Crippen molar-refractivity contribution in [1.82, 2.24) is 10.2 Å². The summed E-state index contributed by atoms with van der Waals surface area (Å²) in [7, 11) is 0. The maximum absolute atomic E-state index is 12.9. The molecule has 2 saturated heterocycles. The zero-order chi connectivity index (χ0) is 15.9. The van der Waals surface area contributed by atoms with Crippen LogP contribution in [0.2, 0.25) is 0 Å². The van der Waals surface area contributed by atoms with Crippen molar-refractivity contribution in [2.24, 2.45) is 11.3 Å². The molecule has 0 aliphatic carbocycles. The number of alkyl halides is 6. The van der Waals surface area contributed by atoms with Gasteiger partial charge in [-0.15, -0.1) is 12.4 Å². The van der Waals surface area contributed by atoms with Crippen molar-refractivity contribution in [2.45, 2.75) is 31.6 Å². The van der Waals surface area contributed by atoms with Crippen LogP contribution >= 0.6 is 12.4 Å². The van der Waals surface area contributed by atoms with Gasteiger partial charge in [-0.25, -0.2) is 0 Å². The summed E-state index contributed by atoms with van der Waals surface area (Å²) in [6.45, 7) is -0.817. The molecular weight excluding hydrogens is 338 g/mol. The van der Waals surface area contributed by atoms with Crippen molar-refractivity contribution in [3.8, 4) is 0 Å². The van der Waals surface area contributed by atoms with E-state index in [1.54, 1.807) is 0 Å². The lowest BCUT2D eigenvalue weighted by Gasteiger charge is -2.34. The van der Waals surface area contributed by atoms with Gasteiger partial charge in [0.25, 0.3) is 0 Å². The number of piperidine rings is 1. The number of hydrogen-bond donors (Lipinski definition) is 1. The van der Waals surface area contributed by atoms with E-state index in [-0.39, 0.29) is 12.4 Å². The Hall–Kier alpha value is -0.700. The third kappa shape index (κ3) is 3.29. The van der Waals surface area contributed by atoms with Crippen molar-refractivity contribution in [3.63, 3.8) is 0 Å². The number of carbonyl (C=O) groups is 1. The fourth-order valence-electron chi connectivity index (χ4n) is 2.94. The first-order valence-corrected chi connectivity index (χ1v) is 6.71. The molecule has 10 heteroatoms. The molecule has 22 heavy (non-hydrogen) atoms. The van der Waals surface area contributed by atoms with Gasteiger partial charge in [0.15, 0.2) is 5.41 Å². The minimum absolute atomic E-state index is 0. The van der Waals surface area contributed by atoms with Crippen molar-refractivity contribution in [2.75, 3.05) is 26.2 Å². The first kappa shape index (κ1) is 19.3. The van der Waals surface area contributed by atoms with Crippen molar-refractivity contribution in [1.29, 1.82) is 0 Å². The van der Waals surface area contributed by atoms with Gasteiger partial charge in [-0.2, -0.15) is 26.3 Å². The molecule has 0 aromatic rings. The lowest BCUT2D eigenvalue weighted by Crippen LogP contribution is -2.53. The predicted octanol–water partition coefficient (Wildman–Crippen LogP) is 2.75. The molecule has 1 amide bonds. The summed E-state index contributed by atoms with van der Waals surface area (Å²) in [6, 6.07) is 0. The number of amides is 1. The highest BCUT2D eigenvalue weighted by molar-refractivity contribution is 5.85. The minimum Gasteiger partial charge on any atom is -0.341 e. The van der Waals surface area contributed by atoms with E-state index in [4.69, 9.17) is 0 Å². The normalized spacial score (nSPS) is 25.7. The van der Waals surface area contributed by atoms with Crippen LogP contribution in [0.15, 0.2) is 0 Å². The minimum atomic E-state index is -5.41. The maximum atomic E-state index is 12.9. The largest absolute Gasteiger partial charge is 0.404 e. The van der Waals surface area contributed by atoms with Crippen LogP contribution in [0.1, 0.15) is 19.3 Å². The average Bonchev–Trinajstić information content (AvgIpc) is 2.84. The Labute approximate surface area is 129 Å². The number of carbonyl (C=O) groups excluding carboxylic acids is 1. The Balaban J connectivity index is 0.00000242. The molecule has 0 bridgehead atoms. The van der Waals surface area contributed by atoms with E-state index in [9.17, 15) is 31.1 Å². The van der Waals surface area contributed by atoms with Gasteiger partial charge in [0.2, 0.25) is 5.91 Å². The van der Waals surface area contributed by atoms with Gasteiger partial charge < -0.3 is 10.2 Å². The van der Waals surface area contributed by atoms with Crippen LogP contribution in [-0.4, -0.2) is 49.3 Å². The number of rotatable bonds is 1. The molecule has 2 aliphatic heterocycles. The Morgan fingerprint density at radius 1 is 1.14 bits per heavy atom. The Kier molecular flexibility index (Phi) is 5.65. The Morgan fingerprint density at radius 2 is 1.73 bits per heavy atom. The molecule has 0 radical (unpaired) electrons. The summed E-state index contributed by atoms with van der Waals surface area (Å²) < 4.78 is 77.5. The molecule has 3 nitrogen and oxygen atoms in total. The van der Waals surface area contributed by atoms with E-state index in [0.717, 1.165) is 4.90 Å². The molecule has 0 saturated carbocycles. The van der Waals surface area contributed by atoms with Gasteiger partial charge in [0, 0.05) is 19.6 Å². The van der Waals surface area contributed by atoms with Crippen LogP contribution < -0.4 is 5.32 Å². The highest BCUT2D eigenvalue weighted by atomic mass is 35.5. The molecule has 1 unspecified atom stereocenters. The number of nitrogens with one attached hydrogen (secondary N) is 1. The molecule has 2 heterocycles. The van der Waals surface area contributed by atoms with Gasteiger partial charge >= 0.3 is 12.4 Å². The van der Waals surface area contributed by atoms with Crippen molar-refractivity contribution in [3.05, 3.63) is 0 Å². The number of halogens is 7. The predicted molar refractivity (Wildman–Crippen MR) is 68.6 cm³/mol. The van der Waals surface area contributed by atoms with E-state index in [0.29, 0.717) is 25.9 Å². The lowest BCUT2D eigenvalue weighted by atomic mass is 9.85. The van der Waals surface area contributed by atoms with Gasteiger partial charge in [0.1, 0.15) is 0 Å². The van der Waals surface area contributed by atoms with E-state index in [1.807, 2.05) is 0 Å². The van der Waals surface area contributed by atoms with Crippen LogP contribution in [-0.2, 0) is 4.79 Å². The number of nitrogens with zero attached hydrogens (tertiary/aromatic N) is 1. The second-order valence-corrected chi connectivity index (χ2v) is 5.63. The first-order chi connectivity index (χ1) is 9.58. The van der Waals surface area contributed by atoms with Gasteiger partial charge in [-0.3, -0.25) is 4.79 Å². The number of hydrogen-bond acceptors (Lipinski definition) is 2. The summed E-state index contributed by atoms with van der Waals surface area (Å²) in [5.41, 5.74) is -3.79. The lowest BCUT2D eigenvalue weighted by molar-refractivity contribution is -0.334. The van der Waals surface area contributed by atoms with Crippen LogP contribution in [0.3, 0.4) is 0 Å². The first-order valence-electron chi connectivity index (χ1n) is 6.71. The second kappa shape index (κ2) is 6.43. The summed E-state index contributed by atoms with van der Waals surface area (Å²) in [4.78, 5) is 12.8. The molecule has 2 rings (SSSR count). The molecule has 0 spiro atoms. The molecule has 1 N–H and O–H groups in total. The summed E-state index contributed by atoms with van der Waals surface area (Å²) in [5, 5.41) is 2.93. The molecule has 130 valence electrons. The molecule has 0 aromatic heterocycles. The Bertz CT molecular complexity index is 391. The van der Waals surface area contributed by atoms with E-state index in [1.165, 1.54) is 0 Å². The second-order valence-electron chi connectivity index (χ2n) is 5.63. The monoisotopic (exact) mass is 354 g/mol. The van der Waals surface area contributed by atoms with Gasteiger partial charge in [-0.1, -0.05) is 0 Å². The molecule has 0 aromatic carbocycles.